The van der Waals surface area contributed by atoms with Gasteiger partial charge in [0.2, 0.25) is 0 Å². The van der Waals surface area contributed by atoms with Gasteiger partial charge in [0.05, 0.1) is 6.61 Å². The molecule has 0 spiro atoms. The molecule has 0 saturated carbocycles. The Balaban J connectivity index is 2.73. The van der Waals surface area contributed by atoms with E-state index in [4.69, 9.17) is 14.2 Å². The summed E-state index contributed by atoms with van der Waals surface area (Å²) in [7, 11) is 1.49. The molecule has 0 bridgehead atoms. The second-order valence-corrected chi connectivity index (χ2v) is 5.05. The zero-order valence-corrected chi connectivity index (χ0v) is 13.9. The third-order valence-electron chi connectivity index (χ3n) is 2.54. The molecule has 1 N–H and O–H groups in total. The second kappa shape index (κ2) is 8.95. The fourth-order valence-corrected chi connectivity index (χ4v) is 2.39. The van der Waals surface area contributed by atoms with E-state index < -0.39 is 29.4 Å². The summed E-state index contributed by atoms with van der Waals surface area (Å²) in [4.78, 5) is 35.7. The number of alkyl halides is 1. The quantitative estimate of drug-likeness (QED) is 0.364. The summed E-state index contributed by atoms with van der Waals surface area (Å²) in [6.45, 7) is 1.43. The van der Waals surface area contributed by atoms with Crippen LogP contribution in [0.2, 0.25) is 0 Å². The van der Waals surface area contributed by atoms with Crippen LogP contribution in [-0.4, -0.2) is 45.9 Å². The van der Waals surface area contributed by atoms with Crippen molar-refractivity contribution >= 4 is 28.6 Å². The van der Waals surface area contributed by atoms with Crippen molar-refractivity contribution in [3.05, 3.63) is 33.1 Å². The van der Waals surface area contributed by atoms with Crippen molar-refractivity contribution in [1.82, 2.24) is 9.55 Å². The maximum Gasteiger partial charge on any atom is 0.330 e. The minimum atomic E-state index is -0.567. The van der Waals surface area contributed by atoms with Crippen molar-refractivity contribution in [3.63, 3.8) is 0 Å². The molecule has 2 atom stereocenters. The maximum absolute atomic E-state index is 11.5. The van der Waals surface area contributed by atoms with E-state index in [2.05, 4.69) is 27.6 Å². The summed E-state index contributed by atoms with van der Waals surface area (Å²) in [5.74, 6) is -0.434. The van der Waals surface area contributed by atoms with Gasteiger partial charge in [-0.3, -0.25) is 19.1 Å². The topological polar surface area (TPSA) is 99.6 Å². The van der Waals surface area contributed by atoms with Gasteiger partial charge in [-0.25, -0.2) is 4.79 Å². The van der Waals surface area contributed by atoms with Gasteiger partial charge in [0, 0.05) is 30.7 Å². The molecule has 118 valence electrons. The number of halogens is 1. The number of nitrogens with one attached hydrogen (secondary N) is 1. The Labute approximate surface area is 134 Å². The van der Waals surface area contributed by atoms with Crippen molar-refractivity contribution in [1.29, 1.82) is 0 Å². The van der Waals surface area contributed by atoms with Gasteiger partial charge in [-0.1, -0.05) is 22.6 Å². The molecule has 0 aliphatic carbocycles. The molecule has 9 heteroatoms. The van der Waals surface area contributed by atoms with E-state index in [1.165, 1.54) is 30.9 Å². The van der Waals surface area contributed by atoms with Crippen LogP contribution in [0.5, 0.6) is 0 Å². The summed E-state index contributed by atoms with van der Waals surface area (Å²) in [6.07, 6.45) is 0.332. The monoisotopic (exact) mass is 412 g/mol. The lowest BCUT2D eigenvalue weighted by atomic mass is 10.2. The van der Waals surface area contributed by atoms with Crippen LogP contribution in [0.25, 0.3) is 0 Å². The van der Waals surface area contributed by atoms with Crippen LogP contribution >= 0.6 is 22.6 Å². The average molecular weight is 412 g/mol. The number of carbonyl (C=O) groups excluding carboxylic acids is 1. The molecule has 0 unspecified atom stereocenters. The second-order valence-electron chi connectivity index (χ2n) is 4.17. The van der Waals surface area contributed by atoms with Crippen LogP contribution in [0, 0.1) is 0 Å². The van der Waals surface area contributed by atoms with Gasteiger partial charge < -0.3 is 14.2 Å². The highest BCUT2D eigenvalue weighted by molar-refractivity contribution is 14.1. The maximum atomic E-state index is 11.5. The third kappa shape index (κ3) is 5.98. The Morgan fingerprint density at radius 2 is 2.14 bits per heavy atom. The fraction of sp³-hybridized carbons (Fsp3) is 0.583. The number of aromatic nitrogens is 2. The molecule has 0 aliphatic rings. The average Bonchev–Trinajstić information content (AvgIpc) is 2.41. The minimum absolute atomic E-state index is 0.0647. The number of H-pyrrole nitrogens is 1. The standard InChI is InChI=1S/C12H17IN2O6/c1-8(16)21-10(6-19-2)9(5-13)20-7-15-4-3-11(17)14-12(15)18/h3-4,9-10H,5-7H2,1-2H3,(H,14,17,18)/t9-,10-/m1/s1. The Bertz CT molecular complexity index is 569. The molecule has 0 saturated heterocycles. The smallest absolute Gasteiger partial charge is 0.330 e. The van der Waals surface area contributed by atoms with Gasteiger partial charge in [-0.15, -0.1) is 0 Å². The first-order chi connectivity index (χ1) is 9.97. The molecule has 1 aromatic rings. The Hall–Kier alpha value is -1.20. The van der Waals surface area contributed by atoms with Crippen molar-refractivity contribution in [2.45, 2.75) is 25.9 Å². The lowest BCUT2D eigenvalue weighted by Crippen LogP contribution is -2.39. The first-order valence-electron chi connectivity index (χ1n) is 6.11. The Kier molecular flexibility index (Phi) is 7.61. The van der Waals surface area contributed by atoms with E-state index >= 15 is 0 Å². The molecule has 8 nitrogen and oxygen atoms in total. The molecule has 0 radical (unpaired) electrons. The zero-order valence-electron chi connectivity index (χ0n) is 11.7. The molecule has 1 rings (SSSR count). The minimum Gasteiger partial charge on any atom is -0.457 e. The lowest BCUT2D eigenvalue weighted by Gasteiger charge is -2.25. The van der Waals surface area contributed by atoms with Crippen LogP contribution in [0.15, 0.2) is 21.9 Å². The summed E-state index contributed by atoms with van der Waals surface area (Å²) >= 11 is 2.09. The number of carbonyl (C=O) groups is 1. The number of hydrogen-bond acceptors (Lipinski definition) is 6. The zero-order chi connectivity index (χ0) is 15.8. The van der Waals surface area contributed by atoms with E-state index in [-0.39, 0.29) is 13.3 Å². The van der Waals surface area contributed by atoms with Crippen LogP contribution in [0.4, 0.5) is 0 Å². The first kappa shape index (κ1) is 17.9. The van der Waals surface area contributed by atoms with Gasteiger partial charge >= 0.3 is 11.7 Å². The van der Waals surface area contributed by atoms with Crippen LogP contribution < -0.4 is 11.2 Å². The van der Waals surface area contributed by atoms with Gasteiger partial charge in [-0.05, 0) is 0 Å². The molecule has 1 aromatic heterocycles. The summed E-state index contributed by atoms with van der Waals surface area (Å²) < 4.78 is 17.5. The van der Waals surface area contributed by atoms with Crippen molar-refractivity contribution in [2.75, 3.05) is 18.1 Å². The van der Waals surface area contributed by atoms with Crippen LogP contribution in [0.3, 0.4) is 0 Å². The highest BCUT2D eigenvalue weighted by Crippen LogP contribution is 2.10. The van der Waals surface area contributed by atoms with E-state index in [0.29, 0.717) is 4.43 Å². The van der Waals surface area contributed by atoms with Gasteiger partial charge in [0.15, 0.2) is 6.10 Å². The SMILES string of the molecule is COC[C@@H](OC(C)=O)[C@@H](CI)OCn1ccc(=O)[nH]c1=O. The molecule has 1 heterocycles. The molecule has 0 aliphatic heterocycles. The normalized spacial score (nSPS) is 13.7. The number of aromatic amines is 1. The predicted molar refractivity (Wildman–Crippen MR) is 82.5 cm³/mol. The van der Waals surface area contributed by atoms with Crippen molar-refractivity contribution in [3.8, 4) is 0 Å². The number of hydrogen-bond donors (Lipinski definition) is 1. The Morgan fingerprint density at radius 3 is 2.67 bits per heavy atom. The highest BCUT2D eigenvalue weighted by Gasteiger charge is 2.24. The van der Waals surface area contributed by atoms with Crippen LogP contribution in [0.1, 0.15) is 6.92 Å². The first-order valence-corrected chi connectivity index (χ1v) is 7.64. The summed E-state index contributed by atoms with van der Waals surface area (Å²) in [5.41, 5.74) is -1.04. The number of esters is 1. The molecule has 0 aromatic carbocycles. The molecular formula is C12H17IN2O6. The van der Waals surface area contributed by atoms with Gasteiger partial charge in [-0.2, -0.15) is 0 Å². The highest BCUT2D eigenvalue weighted by atomic mass is 127. The number of methoxy groups -OCH3 is 1. The predicted octanol–water partition coefficient (Wildman–Crippen LogP) is -0.108. The van der Waals surface area contributed by atoms with Gasteiger partial charge in [0.1, 0.15) is 12.8 Å². The molecular weight excluding hydrogens is 395 g/mol. The van der Waals surface area contributed by atoms with Gasteiger partial charge in [0.25, 0.3) is 5.56 Å². The number of ether oxygens (including phenoxy) is 3. The molecule has 0 amide bonds. The van der Waals surface area contributed by atoms with Crippen molar-refractivity contribution in [2.24, 2.45) is 0 Å². The summed E-state index contributed by atoms with van der Waals surface area (Å²) in [5, 5.41) is 0. The Morgan fingerprint density at radius 1 is 1.43 bits per heavy atom. The van der Waals surface area contributed by atoms with E-state index in [1.54, 1.807) is 0 Å². The third-order valence-corrected chi connectivity index (χ3v) is 3.41. The van der Waals surface area contributed by atoms with Crippen molar-refractivity contribution < 1.29 is 19.0 Å². The molecule has 0 fully saturated rings. The molecule has 21 heavy (non-hydrogen) atoms. The van der Waals surface area contributed by atoms with Crippen LogP contribution in [-0.2, 0) is 25.7 Å². The fourth-order valence-electron chi connectivity index (χ4n) is 1.57. The van der Waals surface area contributed by atoms with E-state index in [9.17, 15) is 14.4 Å². The summed E-state index contributed by atoms with van der Waals surface area (Å²) in [6, 6.07) is 1.22. The van der Waals surface area contributed by atoms with E-state index in [1.807, 2.05) is 0 Å². The van der Waals surface area contributed by atoms with E-state index in [0.717, 1.165) is 0 Å². The lowest BCUT2D eigenvalue weighted by molar-refractivity contribution is -0.160. The largest absolute Gasteiger partial charge is 0.457 e. The number of rotatable bonds is 8. The number of nitrogens with zero attached hydrogens (tertiary/aromatic N) is 1.